The lowest BCUT2D eigenvalue weighted by Crippen LogP contribution is -2.47. The third-order valence-electron chi connectivity index (χ3n) is 3.72. The molecule has 0 spiro atoms. The van der Waals surface area contributed by atoms with E-state index in [9.17, 15) is 5.11 Å². The Morgan fingerprint density at radius 3 is 2.53 bits per heavy atom. The molecule has 0 aromatic heterocycles. The zero-order valence-electron chi connectivity index (χ0n) is 10.3. The smallest absolute Gasteiger partial charge is 0.0674 e. The van der Waals surface area contributed by atoms with Gasteiger partial charge in [0.1, 0.15) is 0 Å². The summed E-state index contributed by atoms with van der Waals surface area (Å²) >= 11 is 0. The molecule has 1 saturated heterocycles. The summed E-state index contributed by atoms with van der Waals surface area (Å²) in [7, 11) is 0. The van der Waals surface area contributed by atoms with Gasteiger partial charge in [0.15, 0.2) is 0 Å². The Hall–Kier alpha value is -0.120. The predicted molar refractivity (Wildman–Crippen MR) is 62.0 cm³/mol. The van der Waals surface area contributed by atoms with Gasteiger partial charge in [-0.2, -0.15) is 0 Å². The average Bonchev–Trinajstić information content (AvgIpc) is 2.26. The normalized spacial score (nSPS) is 24.4. The van der Waals surface area contributed by atoms with Crippen LogP contribution in [-0.2, 0) is 4.74 Å². The molecular weight excluding hydrogens is 190 g/mol. The fourth-order valence-corrected chi connectivity index (χ4v) is 2.26. The summed E-state index contributed by atoms with van der Waals surface area (Å²) in [5, 5.41) is 9.52. The Balaban J connectivity index is 2.49. The van der Waals surface area contributed by atoms with Gasteiger partial charge in [-0.15, -0.1) is 0 Å². The van der Waals surface area contributed by atoms with Crippen LogP contribution >= 0.6 is 0 Å². The third-order valence-corrected chi connectivity index (χ3v) is 3.72. The van der Waals surface area contributed by atoms with E-state index in [0.717, 1.165) is 39.1 Å². The number of hydrogen-bond donors (Lipinski definition) is 1. The Morgan fingerprint density at radius 2 is 2.07 bits per heavy atom. The van der Waals surface area contributed by atoms with Gasteiger partial charge in [0.05, 0.1) is 12.7 Å². The first kappa shape index (κ1) is 12.9. The molecule has 0 radical (unpaired) electrons. The lowest BCUT2D eigenvalue weighted by Gasteiger charge is -2.39. The molecule has 1 aliphatic heterocycles. The summed E-state index contributed by atoms with van der Waals surface area (Å²) in [6, 6.07) is 0. The molecule has 0 bridgehead atoms. The summed E-state index contributed by atoms with van der Waals surface area (Å²) in [6.45, 7) is 10.6. The van der Waals surface area contributed by atoms with Crippen LogP contribution in [0.25, 0.3) is 0 Å². The number of morpholine rings is 1. The van der Waals surface area contributed by atoms with E-state index in [2.05, 4.69) is 25.7 Å². The van der Waals surface area contributed by atoms with E-state index < -0.39 is 0 Å². The van der Waals surface area contributed by atoms with Gasteiger partial charge in [-0.05, 0) is 19.8 Å². The zero-order valence-corrected chi connectivity index (χ0v) is 10.3. The van der Waals surface area contributed by atoms with Crippen molar-refractivity contribution in [1.29, 1.82) is 0 Å². The van der Waals surface area contributed by atoms with Crippen LogP contribution in [0.15, 0.2) is 0 Å². The van der Waals surface area contributed by atoms with Gasteiger partial charge in [-0.25, -0.2) is 0 Å². The Labute approximate surface area is 93.4 Å². The van der Waals surface area contributed by atoms with Crippen LogP contribution in [0.3, 0.4) is 0 Å². The molecule has 90 valence electrons. The van der Waals surface area contributed by atoms with E-state index in [-0.39, 0.29) is 5.41 Å². The highest BCUT2D eigenvalue weighted by atomic mass is 16.5. The Bertz CT molecular complexity index is 172. The maximum absolute atomic E-state index is 9.52. The molecule has 1 atom stereocenters. The molecule has 0 aromatic rings. The maximum atomic E-state index is 9.52. The van der Waals surface area contributed by atoms with Crippen LogP contribution in [0.4, 0.5) is 0 Å². The number of aliphatic hydroxyl groups is 1. The minimum atomic E-state index is 0.0943. The van der Waals surface area contributed by atoms with Crippen molar-refractivity contribution < 1.29 is 9.84 Å². The van der Waals surface area contributed by atoms with Crippen LogP contribution in [-0.4, -0.2) is 49.0 Å². The highest BCUT2D eigenvalue weighted by molar-refractivity contribution is 4.81. The minimum Gasteiger partial charge on any atom is -0.396 e. The van der Waals surface area contributed by atoms with Crippen molar-refractivity contribution in [2.75, 3.05) is 32.8 Å². The van der Waals surface area contributed by atoms with E-state index in [4.69, 9.17) is 4.74 Å². The van der Waals surface area contributed by atoms with Gasteiger partial charge in [0, 0.05) is 31.7 Å². The zero-order chi connectivity index (χ0) is 11.3. The SMILES string of the molecule is CCC(CC)(CO)CN1CCOC(C)C1. The minimum absolute atomic E-state index is 0.0943. The van der Waals surface area contributed by atoms with Crippen molar-refractivity contribution in [1.82, 2.24) is 4.90 Å². The quantitative estimate of drug-likeness (QED) is 0.754. The number of rotatable bonds is 5. The lowest BCUT2D eigenvalue weighted by molar-refractivity contribution is -0.0411. The first-order valence-corrected chi connectivity index (χ1v) is 6.10. The second-order valence-electron chi connectivity index (χ2n) is 4.78. The molecule has 3 nitrogen and oxygen atoms in total. The van der Waals surface area contributed by atoms with Crippen LogP contribution in [0.2, 0.25) is 0 Å². The predicted octanol–water partition coefficient (Wildman–Crippen LogP) is 1.51. The van der Waals surface area contributed by atoms with Gasteiger partial charge in [0.2, 0.25) is 0 Å². The fraction of sp³-hybridized carbons (Fsp3) is 1.00. The number of hydrogen-bond acceptors (Lipinski definition) is 3. The van der Waals surface area contributed by atoms with Crippen molar-refractivity contribution in [2.24, 2.45) is 5.41 Å². The highest BCUT2D eigenvalue weighted by Crippen LogP contribution is 2.27. The molecule has 0 aromatic carbocycles. The summed E-state index contributed by atoms with van der Waals surface area (Å²) in [6.07, 6.45) is 2.43. The van der Waals surface area contributed by atoms with Gasteiger partial charge in [0.25, 0.3) is 0 Å². The van der Waals surface area contributed by atoms with Crippen molar-refractivity contribution >= 4 is 0 Å². The van der Waals surface area contributed by atoms with Crippen LogP contribution in [0.5, 0.6) is 0 Å². The molecule has 1 rings (SSSR count). The molecule has 1 aliphatic rings. The monoisotopic (exact) mass is 215 g/mol. The van der Waals surface area contributed by atoms with Crippen molar-refractivity contribution in [3.05, 3.63) is 0 Å². The van der Waals surface area contributed by atoms with E-state index in [1.165, 1.54) is 0 Å². The summed E-state index contributed by atoms with van der Waals surface area (Å²) in [5.74, 6) is 0. The van der Waals surface area contributed by atoms with Gasteiger partial charge in [-0.1, -0.05) is 13.8 Å². The first-order valence-electron chi connectivity index (χ1n) is 6.10. The number of nitrogens with zero attached hydrogens (tertiary/aromatic N) is 1. The topological polar surface area (TPSA) is 32.7 Å². The van der Waals surface area contributed by atoms with Gasteiger partial charge in [-0.3, -0.25) is 4.90 Å². The average molecular weight is 215 g/mol. The molecule has 0 saturated carbocycles. The molecule has 3 heteroatoms. The molecule has 0 aliphatic carbocycles. The summed E-state index contributed by atoms with van der Waals surface area (Å²) < 4.78 is 5.52. The van der Waals surface area contributed by atoms with Crippen LogP contribution in [0, 0.1) is 5.41 Å². The second-order valence-corrected chi connectivity index (χ2v) is 4.78. The van der Waals surface area contributed by atoms with E-state index >= 15 is 0 Å². The van der Waals surface area contributed by atoms with Crippen molar-refractivity contribution in [2.45, 2.75) is 39.7 Å². The largest absolute Gasteiger partial charge is 0.396 e. The van der Waals surface area contributed by atoms with Crippen LogP contribution < -0.4 is 0 Å². The van der Waals surface area contributed by atoms with E-state index in [1.54, 1.807) is 0 Å². The lowest BCUT2D eigenvalue weighted by atomic mass is 9.82. The second kappa shape index (κ2) is 5.83. The summed E-state index contributed by atoms with van der Waals surface area (Å²) in [4.78, 5) is 2.43. The van der Waals surface area contributed by atoms with Crippen molar-refractivity contribution in [3.63, 3.8) is 0 Å². The standard InChI is InChI=1S/C12H25NO2/c1-4-12(5-2,10-14)9-13-6-7-15-11(3)8-13/h11,14H,4-10H2,1-3H3. The Kier molecular flexibility index (Phi) is 5.03. The fourth-order valence-electron chi connectivity index (χ4n) is 2.26. The highest BCUT2D eigenvalue weighted by Gasteiger charge is 2.29. The molecule has 15 heavy (non-hydrogen) atoms. The maximum Gasteiger partial charge on any atom is 0.0674 e. The third kappa shape index (κ3) is 3.44. The Morgan fingerprint density at radius 1 is 1.40 bits per heavy atom. The summed E-state index contributed by atoms with van der Waals surface area (Å²) in [5.41, 5.74) is 0.0943. The number of aliphatic hydroxyl groups excluding tert-OH is 1. The van der Waals surface area contributed by atoms with Crippen molar-refractivity contribution in [3.8, 4) is 0 Å². The van der Waals surface area contributed by atoms with E-state index in [0.29, 0.717) is 12.7 Å². The first-order chi connectivity index (χ1) is 7.15. The number of ether oxygens (including phenoxy) is 1. The van der Waals surface area contributed by atoms with Gasteiger partial charge >= 0.3 is 0 Å². The van der Waals surface area contributed by atoms with Gasteiger partial charge < -0.3 is 9.84 Å². The molecule has 1 heterocycles. The molecule has 1 N–H and O–H groups in total. The molecule has 0 amide bonds. The van der Waals surface area contributed by atoms with E-state index in [1.807, 2.05) is 0 Å². The van der Waals surface area contributed by atoms with Crippen LogP contribution in [0.1, 0.15) is 33.6 Å². The molecular formula is C12H25NO2. The molecule has 1 unspecified atom stereocenters. The molecule has 1 fully saturated rings.